The molecule has 0 saturated carbocycles. The van der Waals surface area contributed by atoms with E-state index < -0.39 is 16.0 Å². The van der Waals surface area contributed by atoms with Gasteiger partial charge < -0.3 is 14.7 Å². The van der Waals surface area contributed by atoms with Crippen LogP contribution in [0.1, 0.15) is 35.7 Å². The molecule has 0 unspecified atom stereocenters. The van der Waals surface area contributed by atoms with Gasteiger partial charge in [-0.1, -0.05) is 18.2 Å². The first-order chi connectivity index (χ1) is 14.7. The molecule has 10 heteroatoms. The van der Waals surface area contributed by atoms with Crippen LogP contribution in [-0.4, -0.2) is 50.1 Å². The zero-order valence-corrected chi connectivity index (χ0v) is 18.2. The number of hydrogen-bond acceptors (Lipinski definition) is 7. The molecule has 1 saturated heterocycles. The zero-order valence-electron chi connectivity index (χ0n) is 17.4. The van der Waals surface area contributed by atoms with E-state index in [1.807, 2.05) is 0 Å². The molecule has 0 spiro atoms. The third-order valence-corrected chi connectivity index (χ3v) is 6.61. The monoisotopic (exact) mass is 447 g/mol. The third-order valence-electron chi connectivity index (χ3n) is 5.08. The van der Waals surface area contributed by atoms with Crippen molar-refractivity contribution >= 4 is 33.5 Å². The second kappa shape index (κ2) is 9.34. The van der Waals surface area contributed by atoms with Gasteiger partial charge in [-0.15, -0.1) is 0 Å². The molecule has 1 aromatic carbocycles. The smallest absolute Gasteiger partial charge is 0.337 e. The number of aromatic carboxylic acids is 1. The van der Waals surface area contributed by atoms with Crippen molar-refractivity contribution in [2.45, 2.75) is 31.6 Å². The molecule has 3 rings (SSSR count). The Hall–Kier alpha value is -3.14. The molecule has 1 aliphatic rings. The summed E-state index contributed by atoms with van der Waals surface area (Å²) in [5.41, 5.74) is 0.456. The number of piperidine rings is 1. The maximum absolute atomic E-state index is 13.0. The first-order valence-electron chi connectivity index (χ1n) is 9.96. The Kier molecular flexibility index (Phi) is 6.79. The molecule has 2 N–H and O–H groups in total. The lowest BCUT2D eigenvalue weighted by Gasteiger charge is -2.33. The number of ether oxygens (including phenoxy) is 1. The SMILES string of the molecule is CCOC(=O)[C@@H]1CCCN(c2ncc(C(=O)O)cc2NS(=O)(=O)c2ccccc2C)C1. The molecule has 1 aliphatic heterocycles. The molecule has 2 heterocycles. The number of benzene rings is 1. The highest BCUT2D eigenvalue weighted by atomic mass is 32.2. The van der Waals surface area contributed by atoms with E-state index in [1.165, 1.54) is 18.3 Å². The number of pyridine rings is 1. The second-order valence-corrected chi connectivity index (χ2v) is 8.96. The molecular weight excluding hydrogens is 422 g/mol. The minimum absolute atomic E-state index is 0.0488. The molecule has 31 heavy (non-hydrogen) atoms. The minimum atomic E-state index is -3.99. The average molecular weight is 448 g/mol. The van der Waals surface area contributed by atoms with E-state index in [0.717, 1.165) is 0 Å². The molecule has 1 atom stereocenters. The van der Waals surface area contributed by atoms with Crippen LogP contribution in [0, 0.1) is 12.8 Å². The fraction of sp³-hybridized carbons (Fsp3) is 0.381. The van der Waals surface area contributed by atoms with E-state index in [1.54, 1.807) is 36.9 Å². The number of anilines is 2. The number of esters is 1. The second-order valence-electron chi connectivity index (χ2n) is 7.31. The number of rotatable bonds is 7. The van der Waals surface area contributed by atoms with Crippen molar-refractivity contribution < 1.29 is 27.9 Å². The van der Waals surface area contributed by atoms with Crippen LogP contribution < -0.4 is 9.62 Å². The van der Waals surface area contributed by atoms with Gasteiger partial charge in [-0.05, 0) is 44.4 Å². The quantitative estimate of drug-likeness (QED) is 0.621. The standard InChI is InChI=1S/C21H25N3O6S/c1-3-30-21(27)15-8-6-10-24(13-15)19-17(11-16(12-22-19)20(25)26)23-31(28,29)18-9-5-4-7-14(18)2/h4-5,7,9,11-12,15,23H,3,6,8,10,13H2,1-2H3,(H,25,26)/t15-/m1/s1. The predicted octanol–water partition coefficient (Wildman–Crippen LogP) is 2.67. The molecule has 0 amide bonds. The molecule has 9 nitrogen and oxygen atoms in total. The third kappa shape index (κ3) is 5.13. The maximum Gasteiger partial charge on any atom is 0.337 e. The Morgan fingerprint density at radius 3 is 2.74 bits per heavy atom. The maximum atomic E-state index is 13.0. The van der Waals surface area contributed by atoms with Crippen molar-refractivity contribution in [2.24, 2.45) is 5.92 Å². The highest BCUT2D eigenvalue weighted by molar-refractivity contribution is 7.92. The fourth-order valence-corrected chi connectivity index (χ4v) is 4.88. The van der Waals surface area contributed by atoms with E-state index >= 15 is 0 Å². The lowest BCUT2D eigenvalue weighted by molar-refractivity contribution is -0.148. The van der Waals surface area contributed by atoms with Gasteiger partial charge in [0, 0.05) is 19.3 Å². The first-order valence-corrected chi connectivity index (χ1v) is 11.4. The van der Waals surface area contributed by atoms with Gasteiger partial charge in [-0.3, -0.25) is 9.52 Å². The van der Waals surface area contributed by atoms with Crippen LogP contribution in [0.25, 0.3) is 0 Å². The predicted molar refractivity (Wildman–Crippen MR) is 115 cm³/mol. The summed E-state index contributed by atoms with van der Waals surface area (Å²) < 4.78 is 33.7. The molecule has 0 radical (unpaired) electrons. The summed E-state index contributed by atoms with van der Waals surface area (Å²) in [6.45, 7) is 4.55. The number of aromatic nitrogens is 1. The van der Waals surface area contributed by atoms with Crippen LogP contribution >= 0.6 is 0 Å². The molecule has 0 aliphatic carbocycles. The Labute approximate surface area is 181 Å². The Morgan fingerprint density at radius 1 is 1.32 bits per heavy atom. The van der Waals surface area contributed by atoms with Gasteiger partial charge in [-0.2, -0.15) is 0 Å². The number of carboxylic acid groups (broad SMARTS) is 1. The molecule has 1 fully saturated rings. The van der Waals surface area contributed by atoms with Crippen molar-refractivity contribution in [1.82, 2.24) is 4.98 Å². The molecule has 0 bridgehead atoms. The van der Waals surface area contributed by atoms with Gasteiger partial charge in [0.2, 0.25) is 0 Å². The molecular formula is C21H25N3O6S. The van der Waals surface area contributed by atoms with Crippen molar-refractivity contribution in [3.05, 3.63) is 47.7 Å². The summed E-state index contributed by atoms with van der Waals surface area (Å²) in [5, 5.41) is 9.35. The van der Waals surface area contributed by atoms with Gasteiger partial charge in [0.05, 0.1) is 28.7 Å². The first kappa shape index (κ1) is 22.5. The van der Waals surface area contributed by atoms with E-state index in [2.05, 4.69) is 9.71 Å². The van der Waals surface area contributed by atoms with Crippen LogP contribution in [0.3, 0.4) is 0 Å². The van der Waals surface area contributed by atoms with E-state index in [-0.39, 0.29) is 40.5 Å². The van der Waals surface area contributed by atoms with Gasteiger partial charge in [0.15, 0.2) is 5.82 Å². The minimum Gasteiger partial charge on any atom is -0.478 e. The summed E-state index contributed by atoms with van der Waals surface area (Å²) in [6.07, 6.45) is 2.53. The van der Waals surface area contributed by atoms with Crippen LogP contribution in [0.2, 0.25) is 0 Å². The number of nitrogens with one attached hydrogen (secondary N) is 1. The number of sulfonamides is 1. The Balaban J connectivity index is 1.97. The average Bonchev–Trinajstić information content (AvgIpc) is 2.74. The summed E-state index contributed by atoms with van der Waals surface area (Å²) >= 11 is 0. The van der Waals surface area contributed by atoms with Crippen molar-refractivity contribution in [3.8, 4) is 0 Å². The van der Waals surface area contributed by atoms with Crippen LogP contribution in [0.15, 0.2) is 41.4 Å². The highest BCUT2D eigenvalue weighted by Crippen LogP contribution is 2.31. The molecule has 166 valence electrons. The number of carboxylic acids is 1. The summed E-state index contributed by atoms with van der Waals surface area (Å²) in [5.74, 6) is -1.62. The topological polar surface area (TPSA) is 126 Å². The summed E-state index contributed by atoms with van der Waals surface area (Å²) in [7, 11) is -3.99. The van der Waals surface area contributed by atoms with Gasteiger partial charge >= 0.3 is 11.9 Å². The number of hydrogen-bond donors (Lipinski definition) is 2. The van der Waals surface area contributed by atoms with Gasteiger partial charge in [-0.25, -0.2) is 18.2 Å². The van der Waals surface area contributed by atoms with Gasteiger partial charge in [0.1, 0.15) is 0 Å². The largest absolute Gasteiger partial charge is 0.478 e. The van der Waals surface area contributed by atoms with Crippen LogP contribution in [0.4, 0.5) is 11.5 Å². The molecule has 2 aromatic rings. The number of aryl methyl sites for hydroxylation is 1. The van der Waals surface area contributed by atoms with Crippen LogP contribution in [0.5, 0.6) is 0 Å². The lowest BCUT2D eigenvalue weighted by Crippen LogP contribution is -2.40. The zero-order chi connectivity index (χ0) is 22.6. The summed E-state index contributed by atoms with van der Waals surface area (Å²) in [6, 6.07) is 7.74. The van der Waals surface area contributed by atoms with E-state index in [9.17, 15) is 23.1 Å². The van der Waals surface area contributed by atoms with Crippen molar-refractivity contribution in [2.75, 3.05) is 29.3 Å². The van der Waals surface area contributed by atoms with Gasteiger partial charge in [0.25, 0.3) is 10.0 Å². The lowest BCUT2D eigenvalue weighted by atomic mass is 9.98. The Morgan fingerprint density at radius 2 is 2.06 bits per heavy atom. The normalized spacial score (nSPS) is 16.6. The highest BCUT2D eigenvalue weighted by Gasteiger charge is 2.30. The van der Waals surface area contributed by atoms with E-state index in [0.29, 0.717) is 31.5 Å². The van der Waals surface area contributed by atoms with Crippen LogP contribution in [-0.2, 0) is 19.6 Å². The number of carbonyl (C=O) groups excluding carboxylic acids is 1. The summed E-state index contributed by atoms with van der Waals surface area (Å²) in [4.78, 5) is 29.7. The van der Waals surface area contributed by atoms with Crippen molar-refractivity contribution in [1.29, 1.82) is 0 Å². The fourth-order valence-electron chi connectivity index (χ4n) is 3.58. The van der Waals surface area contributed by atoms with E-state index in [4.69, 9.17) is 4.74 Å². The number of nitrogens with zero attached hydrogens (tertiary/aromatic N) is 2. The Bertz CT molecular complexity index is 1090. The number of carbonyl (C=O) groups is 2. The molecule has 1 aromatic heterocycles. The van der Waals surface area contributed by atoms with Crippen molar-refractivity contribution in [3.63, 3.8) is 0 Å².